The minimum Gasteiger partial charge on any atom is -0.289 e. The fourth-order valence-electron chi connectivity index (χ4n) is 9.23. The van der Waals surface area contributed by atoms with E-state index in [1.54, 1.807) is 0 Å². The third-order valence-corrected chi connectivity index (χ3v) is 11.4. The van der Waals surface area contributed by atoms with E-state index in [0.29, 0.717) is 0 Å². The summed E-state index contributed by atoms with van der Waals surface area (Å²) < 4.78 is 0. The summed E-state index contributed by atoms with van der Waals surface area (Å²) >= 11 is 0. The molecule has 0 radical (unpaired) electrons. The Morgan fingerprint density at radius 3 is 0.815 bits per heavy atom. The minimum absolute atomic E-state index is 0.0435. The molecular weight excluding hydrogens is 657 g/mol. The van der Waals surface area contributed by atoms with Crippen molar-refractivity contribution in [1.82, 2.24) is 0 Å². The van der Waals surface area contributed by atoms with E-state index in [9.17, 15) is 9.59 Å². The fraction of sp³-hybridized carbons (Fsp3) is 0. The Morgan fingerprint density at radius 2 is 0.463 bits per heavy atom. The van der Waals surface area contributed by atoms with Crippen LogP contribution in [0.15, 0.2) is 182 Å². The molecule has 0 amide bonds. The van der Waals surface area contributed by atoms with Gasteiger partial charge in [-0.25, -0.2) is 0 Å². The van der Waals surface area contributed by atoms with Crippen LogP contribution < -0.4 is 0 Å². The van der Waals surface area contributed by atoms with Crippen molar-refractivity contribution in [2.45, 2.75) is 0 Å². The maximum absolute atomic E-state index is 14.7. The summed E-state index contributed by atoms with van der Waals surface area (Å²) in [6.45, 7) is 0. The quantitative estimate of drug-likeness (QED) is 0.185. The molecule has 0 bridgehead atoms. The lowest BCUT2D eigenvalue weighted by Crippen LogP contribution is -2.02. The highest BCUT2D eigenvalue weighted by Gasteiger charge is 2.37. The maximum Gasteiger partial charge on any atom is 0.194 e. The molecule has 0 aromatic heterocycles. The van der Waals surface area contributed by atoms with Gasteiger partial charge in [0.2, 0.25) is 0 Å². The van der Waals surface area contributed by atoms with Crippen molar-refractivity contribution in [2.24, 2.45) is 0 Å². The number of ketones is 2. The van der Waals surface area contributed by atoms with E-state index in [1.807, 2.05) is 72.8 Å². The number of carbonyl (C=O) groups is 2. The van der Waals surface area contributed by atoms with Gasteiger partial charge in [-0.1, -0.05) is 182 Å². The topological polar surface area (TPSA) is 34.1 Å². The van der Waals surface area contributed by atoms with Gasteiger partial charge in [0, 0.05) is 44.5 Å². The molecule has 9 aromatic rings. The van der Waals surface area contributed by atoms with E-state index >= 15 is 0 Å². The Morgan fingerprint density at radius 1 is 0.204 bits per heavy atom. The van der Waals surface area contributed by atoms with E-state index in [0.717, 1.165) is 111 Å². The Bertz CT molecular complexity index is 2850. The summed E-state index contributed by atoms with van der Waals surface area (Å²) in [4.78, 5) is 29.4. The second-order valence-electron chi connectivity index (χ2n) is 14.1. The second kappa shape index (κ2) is 11.7. The highest BCUT2D eigenvalue weighted by Crippen LogP contribution is 2.56. The molecule has 0 aliphatic heterocycles. The van der Waals surface area contributed by atoms with Crippen LogP contribution in [0.1, 0.15) is 31.8 Å². The Kier molecular flexibility index (Phi) is 6.59. The van der Waals surface area contributed by atoms with Gasteiger partial charge >= 0.3 is 0 Å². The summed E-state index contributed by atoms with van der Waals surface area (Å²) in [5.74, 6) is 0.0871. The van der Waals surface area contributed by atoms with Crippen molar-refractivity contribution in [3.05, 3.63) is 204 Å². The van der Waals surface area contributed by atoms with E-state index < -0.39 is 0 Å². The van der Waals surface area contributed by atoms with Crippen LogP contribution in [0.5, 0.6) is 0 Å². The third-order valence-electron chi connectivity index (χ3n) is 11.4. The first kappa shape index (κ1) is 30.5. The van der Waals surface area contributed by atoms with Gasteiger partial charge in [0.1, 0.15) is 0 Å². The molecule has 0 saturated heterocycles. The molecule has 2 aliphatic carbocycles. The fourth-order valence-corrected chi connectivity index (χ4v) is 9.23. The first-order valence-corrected chi connectivity index (χ1v) is 18.4. The van der Waals surface area contributed by atoms with Crippen LogP contribution in [0.2, 0.25) is 0 Å². The third kappa shape index (κ3) is 4.17. The van der Waals surface area contributed by atoms with Crippen molar-refractivity contribution in [2.75, 3.05) is 0 Å². The molecule has 11 rings (SSSR count). The smallest absolute Gasteiger partial charge is 0.194 e. The zero-order valence-corrected chi connectivity index (χ0v) is 29.1. The van der Waals surface area contributed by atoms with Crippen molar-refractivity contribution in [3.63, 3.8) is 0 Å². The number of rotatable bonds is 4. The molecule has 250 valence electrons. The average molecular weight is 687 g/mol. The van der Waals surface area contributed by atoms with Crippen molar-refractivity contribution in [1.29, 1.82) is 0 Å². The molecule has 0 heterocycles. The van der Waals surface area contributed by atoms with Crippen molar-refractivity contribution < 1.29 is 9.59 Å². The SMILES string of the molecule is O=C1c2ccccc2-c2c1c(-c1ccccc1)c1ccccc1c2-c1ccccc1-c1c2c(c(-c3ccccc3)c3ccccc13)C(=O)c1ccccc1-2. The largest absolute Gasteiger partial charge is 0.289 e. The molecular formula is C52H30O2. The molecule has 2 aliphatic rings. The lowest BCUT2D eigenvalue weighted by Gasteiger charge is -2.23. The summed E-state index contributed by atoms with van der Waals surface area (Å²) in [6.07, 6.45) is 0. The predicted molar refractivity (Wildman–Crippen MR) is 221 cm³/mol. The zero-order valence-electron chi connectivity index (χ0n) is 29.1. The van der Waals surface area contributed by atoms with Gasteiger partial charge in [-0.2, -0.15) is 0 Å². The molecule has 54 heavy (non-hydrogen) atoms. The predicted octanol–water partition coefficient (Wildman–Crippen LogP) is 13.1. The molecule has 0 unspecified atom stereocenters. The van der Waals surface area contributed by atoms with Crippen LogP contribution in [0.3, 0.4) is 0 Å². The zero-order chi connectivity index (χ0) is 35.9. The first-order chi connectivity index (χ1) is 26.7. The standard InChI is InChI=1S/C52H30O2/c53-51-41-29-15-13-27-39(41)47-45(35-23-9-7-21-33(35)43(49(47)51)31-17-3-1-4-18-31)37-25-11-12-26-38(37)46-36-24-10-8-22-34(36)44(32-19-5-2-6-20-32)50-48(46)40-28-14-16-30-42(40)52(50)54/h1-30H. The molecule has 0 spiro atoms. The van der Waals surface area contributed by atoms with E-state index in [2.05, 4.69) is 109 Å². The molecule has 0 N–H and O–H groups in total. The summed E-state index contributed by atoms with van der Waals surface area (Å²) in [5.41, 5.74) is 14.8. The van der Waals surface area contributed by atoms with Crippen LogP contribution in [0, 0.1) is 0 Å². The van der Waals surface area contributed by atoms with Gasteiger partial charge < -0.3 is 0 Å². The molecule has 0 atom stereocenters. The van der Waals surface area contributed by atoms with Crippen LogP contribution in [0.4, 0.5) is 0 Å². The van der Waals surface area contributed by atoms with Crippen molar-refractivity contribution in [3.8, 4) is 66.8 Å². The van der Waals surface area contributed by atoms with E-state index in [-0.39, 0.29) is 11.6 Å². The molecule has 2 heteroatoms. The Labute approximate surface area is 312 Å². The number of carbonyl (C=O) groups excluding carboxylic acids is 2. The average Bonchev–Trinajstić information content (AvgIpc) is 3.70. The summed E-state index contributed by atoms with van der Waals surface area (Å²) in [6, 6.07) is 62.2. The lowest BCUT2D eigenvalue weighted by molar-refractivity contribution is 0.103. The monoisotopic (exact) mass is 686 g/mol. The molecule has 9 aromatic carbocycles. The first-order valence-electron chi connectivity index (χ1n) is 18.4. The van der Waals surface area contributed by atoms with Gasteiger partial charge in [0.05, 0.1) is 0 Å². The Balaban J connectivity index is 1.33. The number of fused-ring (bicyclic) bond motifs is 8. The van der Waals surface area contributed by atoms with Crippen LogP contribution in [-0.2, 0) is 0 Å². The van der Waals surface area contributed by atoms with Crippen LogP contribution in [-0.4, -0.2) is 11.6 Å². The highest BCUT2D eigenvalue weighted by molar-refractivity contribution is 6.34. The number of benzene rings is 9. The Hall–Kier alpha value is -7.16. The summed E-state index contributed by atoms with van der Waals surface area (Å²) in [5, 5.41) is 4.21. The normalized spacial score (nSPS) is 12.5. The number of hydrogen-bond acceptors (Lipinski definition) is 2. The van der Waals surface area contributed by atoms with Crippen LogP contribution in [0.25, 0.3) is 88.3 Å². The van der Waals surface area contributed by atoms with E-state index in [1.165, 1.54) is 0 Å². The second-order valence-corrected chi connectivity index (χ2v) is 14.1. The highest BCUT2D eigenvalue weighted by atomic mass is 16.1. The van der Waals surface area contributed by atoms with Gasteiger partial charge in [0.25, 0.3) is 0 Å². The van der Waals surface area contributed by atoms with Gasteiger partial charge in [-0.05, 0) is 66.1 Å². The van der Waals surface area contributed by atoms with Crippen molar-refractivity contribution >= 4 is 33.1 Å². The van der Waals surface area contributed by atoms with E-state index in [4.69, 9.17) is 0 Å². The van der Waals surface area contributed by atoms with Gasteiger partial charge in [0.15, 0.2) is 11.6 Å². The molecule has 0 fully saturated rings. The van der Waals surface area contributed by atoms with Crippen LogP contribution >= 0.6 is 0 Å². The maximum atomic E-state index is 14.7. The lowest BCUT2D eigenvalue weighted by atomic mass is 9.78. The molecule has 0 saturated carbocycles. The number of hydrogen-bond donors (Lipinski definition) is 0. The minimum atomic E-state index is 0.0435. The van der Waals surface area contributed by atoms with Gasteiger partial charge in [-0.15, -0.1) is 0 Å². The summed E-state index contributed by atoms with van der Waals surface area (Å²) in [7, 11) is 0. The molecule has 2 nitrogen and oxygen atoms in total. The van der Waals surface area contributed by atoms with Gasteiger partial charge in [-0.3, -0.25) is 9.59 Å².